The minimum atomic E-state index is -0.00278. The van der Waals surface area contributed by atoms with E-state index in [0.29, 0.717) is 17.9 Å². The minimum absolute atomic E-state index is 0.00278. The van der Waals surface area contributed by atoms with Gasteiger partial charge >= 0.3 is 6.01 Å². The molecule has 1 heterocycles. The third kappa shape index (κ3) is 4.17. The summed E-state index contributed by atoms with van der Waals surface area (Å²) in [7, 11) is 0. The average molecular weight is 294 g/mol. The fraction of sp³-hybridized carbons (Fsp3) is 0.786. The molecule has 21 heavy (non-hydrogen) atoms. The van der Waals surface area contributed by atoms with Gasteiger partial charge in [0.1, 0.15) is 0 Å². The molecule has 0 amide bonds. The molecule has 0 spiro atoms. The number of nitrogens with two attached hydrogens (primary N) is 1. The molecule has 7 nitrogen and oxygen atoms in total. The SMILES string of the molecule is CC(C)Oc1nc(NN)nc(NC2CCCCC2(C)C)n1. The molecule has 1 atom stereocenters. The number of ether oxygens (including phenoxy) is 1. The molecular formula is C14H26N6O. The number of hydrogen-bond acceptors (Lipinski definition) is 7. The molecule has 0 aromatic carbocycles. The third-order valence-electron chi connectivity index (χ3n) is 3.90. The van der Waals surface area contributed by atoms with Crippen LogP contribution in [0.5, 0.6) is 6.01 Å². The Bertz CT molecular complexity index is 477. The Morgan fingerprint density at radius 2 is 1.90 bits per heavy atom. The second-order valence-electron chi connectivity index (χ2n) is 6.51. The standard InChI is InChI=1S/C14H26N6O/c1-9(2)21-13-18-11(17-12(19-13)20-15)16-10-7-5-6-8-14(10,3)4/h9-10H,5-8,15H2,1-4H3,(H2,16,17,18,19,20). The summed E-state index contributed by atoms with van der Waals surface area (Å²) in [5, 5.41) is 3.42. The molecule has 4 N–H and O–H groups in total. The number of nitrogens with zero attached hydrogens (tertiary/aromatic N) is 3. The normalized spacial score (nSPS) is 21.1. The largest absolute Gasteiger partial charge is 0.461 e. The van der Waals surface area contributed by atoms with Crippen LogP contribution in [0.4, 0.5) is 11.9 Å². The Kier molecular flexibility index (Phi) is 4.82. The van der Waals surface area contributed by atoms with Crippen LogP contribution in [-0.4, -0.2) is 27.1 Å². The van der Waals surface area contributed by atoms with Crippen molar-refractivity contribution in [2.45, 2.75) is 65.5 Å². The molecule has 1 unspecified atom stereocenters. The van der Waals surface area contributed by atoms with Crippen LogP contribution < -0.4 is 21.3 Å². The number of aromatic nitrogens is 3. The van der Waals surface area contributed by atoms with Crippen molar-refractivity contribution >= 4 is 11.9 Å². The summed E-state index contributed by atoms with van der Waals surface area (Å²) in [6, 6.07) is 0.621. The lowest BCUT2D eigenvalue weighted by Crippen LogP contribution is -2.39. The van der Waals surface area contributed by atoms with Gasteiger partial charge in [-0.3, -0.25) is 5.43 Å². The summed E-state index contributed by atoms with van der Waals surface area (Å²) < 4.78 is 5.54. The molecule has 1 aromatic heterocycles. The Morgan fingerprint density at radius 1 is 1.19 bits per heavy atom. The lowest BCUT2D eigenvalue weighted by atomic mass is 9.73. The Balaban J connectivity index is 2.18. The number of nitrogens with one attached hydrogen (secondary N) is 2. The maximum atomic E-state index is 5.54. The summed E-state index contributed by atoms with van der Waals surface area (Å²) >= 11 is 0. The van der Waals surface area contributed by atoms with E-state index in [1.165, 1.54) is 19.3 Å². The number of hydrazine groups is 1. The van der Waals surface area contributed by atoms with Crippen molar-refractivity contribution < 1.29 is 4.74 Å². The van der Waals surface area contributed by atoms with Gasteiger partial charge in [-0.25, -0.2) is 5.84 Å². The van der Waals surface area contributed by atoms with Crippen molar-refractivity contribution in [3.63, 3.8) is 0 Å². The van der Waals surface area contributed by atoms with Crippen LogP contribution in [0.3, 0.4) is 0 Å². The van der Waals surface area contributed by atoms with Gasteiger partial charge in [0, 0.05) is 6.04 Å². The molecule has 1 aromatic rings. The van der Waals surface area contributed by atoms with Crippen molar-refractivity contribution in [1.82, 2.24) is 15.0 Å². The number of nitrogen functional groups attached to an aromatic ring is 1. The van der Waals surface area contributed by atoms with Crippen LogP contribution in [0.1, 0.15) is 53.4 Å². The quantitative estimate of drug-likeness (QED) is 0.566. The second kappa shape index (κ2) is 6.43. The Morgan fingerprint density at radius 3 is 2.52 bits per heavy atom. The molecule has 7 heteroatoms. The van der Waals surface area contributed by atoms with Gasteiger partial charge in [-0.05, 0) is 32.1 Å². The molecule has 1 fully saturated rings. The van der Waals surface area contributed by atoms with E-state index in [0.717, 1.165) is 6.42 Å². The van der Waals surface area contributed by atoms with E-state index in [9.17, 15) is 0 Å². The lowest BCUT2D eigenvalue weighted by Gasteiger charge is -2.39. The first-order valence-corrected chi connectivity index (χ1v) is 7.56. The first-order chi connectivity index (χ1) is 9.90. The fourth-order valence-corrected chi connectivity index (χ4v) is 2.67. The van der Waals surface area contributed by atoms with Gasteiger partial charge < -0.3 is 10.1 Å². The summed E-state index contributed by atoms with van der Waals surface area (Å²) in [5.41, 5.74) is 2.68. The van der Waals surface area contributed by atoms with E-state index in [-0.39, 0.29) is 17.5 Å². The third-order valence-corrected chi connectivity index (χ3v) is 3.90. The van der Waals surface area contributed by atoms with Crippen LogP contribution in [0, 0.1) is 5.41 Å². The highest BCUT2D eigenvalue weighted by molar-refractivity contribution is 5.36. The molecule has 0 aliphatic heterocycles. The second-order valence-corrected chi connectivity index (χ2v) is 6.51. The molecule has 0 radical (unpaired) electrons. The Hall–Kier alpha value is -1.63. The van der Waals surface area contributed by atoms with Crippen molar-refractivity contribution in [2.24, 2.45) is 11.3 Å². The molecule has 1 saturated carbocycles. The topological polar surface area (TPSA) is 98.0 Å². The maximum absolute atomic E-state index is 5.54. The van der Waals surface area contributed by atoms with Gasteiger partial charge in [0.05, 0.1) is 6.10 Å². The zero-order chi connectivity index (χ0) is 15.5. The lowest BCUT2D eigenvalue weighted by molar-refractivity contribution is 0.213. The monoisotopic (exact) mass is 294 g/mol. The van der Waals surface area contributed by atoms with Crippen LogP contribution in [0.2, 0.25) is 0 Å². The fourth-order valence-electron chi connectivity index (χ4n) is 2.67. The highest BCUT2D eigenvalue weighted by Crippen LogP contribution is 2.36. The van der Waals surface area contributed by atoms with Crippen LogP contribution >= 0.6 is 0 Å². The summed E-state index contributed by atoms with van der Waals surface area (Å²) in [5.74, 6) is 6.23. The minimum Gasteiger partial charge on any atom is -0.461 e. The Labute approximate surface area is 126 Å². The molecular weight excluding hydrogens is 268 g/mol. The molecule has 2 rings (SSSR count). The molecule has 0 bridgehead atoms. The summed E-state index contributed by atoms with van der Waals surface area (Å²) in [6.45, 7) is 8.41. The van der Waals surface area contributed by atoms with Crippen LogP contribution in [0.25, 0.3) is 0 Å². The van der Waals surface area contributed by atoms with E-state index in [1.54, 1.807) is 0 Å². The number of anilines is 2. The van der Waals surface area contributed by atoms with Gasteiger partial charge in [0.25, 0.3) is 0 Å². The molecule has 118 valence electrons. The zero-order valence-corrected chi connectivity index (χ0v) is 13.3. The predicted octanol–water partition coefficient (Wildman–Crippen LogP) is 2.33. The molecule has 1 aliphatic rings. The number of rotatable bonds is 5. The first kappa shape index (κ1) is 15.8. The maximum Gasteiger partial charge on any atom is 0.323 e. The van der Waals surface area contributed by atoms with Gasteiger partial charge in [0.15, 0.2) is 0 Å². The van der Waals surface area contributed by atoms with Gasteiger partial charge in [-0.2, -0.15) is 15.0 Å². The van der Waals surface area contributed by atoms with Crippen LogP contribution in [0.15, 0.2) is 0 Å². The van der Waals surface area contributed by atoms with Crippen molar-refractivity contribution in [3.8, 4) is 6.01 Å². The number of hydrogen-bond donors (Lipinski definition) is 3. The average Bonchev–Trinajstić information content (AvgIpc) is 2.40. The van der Waals surface area contributed by atoms with Crippen molar-refractivity contribution in [3.05, 3.63) is 0 Å². The van der Waals surface area contributed by atoms with Crippen LogP contribution in [-0.2, 0) is 0 Å². The highest BCUT2D eigenvalue weighted by atomic mass is 16.5. The van der Waals surface area contributed by atoms with Gasteiger partial charge in [0.2, 0.25) is 11.9 Å². The summed E-state index contributed by atoms with van der Waals surface area (Å²) in [4.78, 5) is 12.7. The van der Waals surface area contributed by atoms with E-state index in [2.05, 4.69) is 39.5 Å². The van der Waals surface area contributed by atoms with Gasteiger partial charge in [-0.1, -0.05) is 26.7 Å². The van der Waals surface area contributed by atoms with E-state index < -0.39 is 0 Å². The first-order valence-electron chi connectivity index (χ1n) is 7.56. The van der Waals surface area contributed by atoms with Crippen molar-refractivity contribution in [1.29, 1.82) is 0 Å². The molecule has 0 saturated heterocycles. The predicted molar refractivity (Wildman–Crippen MR) is 83.1 cm³/mol. The van der Waals surface area contributed by atoms with Gasteiger partial charge in [-0.15, -0.1) is 0 Å². The highest BCUT2D eigenvalue weighted by Gasteiger charge is 2.32. The van der Waals surface area contributed by atoms with E-state index in [1.807, 2.05) is 13.8 Å². The summed E-state index contributed by atoms with van der Waals surface area (Å²) in [6.07, 6.45) is 4.82. The van der Waals surface area contributed by atoms with Crippen molar-refractivity contribution in [2.75, 3.05) is 10.7 Å². The van der Waals surface area contributed by atoms with E-state index in [4.69, 9.17) is 10.6 Å². The smallest absolute Gasteiger partial charge is 0.323 e. The van der Waals surface area contributed by atoms with E-state index >= 15 is 0 Å². The zero-order valence-electron chi connectivity index (χ0n) is 13.3. The molecule has 1 aliphatic carbocycles.